The van der Waals surface area contributed by atoms with Gasteiger partial charge in [0.1, 0.15) is 0 Å². The summed E-state index contributed by atoms with van der Waals surface area (Å²) in [7, 11) is 0. The first-order valence-electron chi connectivity index (χ1n) is 7.18. The summed E-state index contributed by atoms with van der Waals surface area (Å²) in [5, 5.41) is 2.76. The van der Waals surface area contributed by atoms with E-state index < -0.39 is 5.41 Å². The minimum atomic E-state index is -0.798. The van der Waals surface area contributed by atoms with Crippen molar-refractivity contribution >= 4 is 29.1 Å². The number of hydrogen-bond acceptors (Lipinski definition) is 4. The third kappa shape index (κ3) is 5.45. The number of carbonyl (C=O) groups is 2. The maximum absolute atomic E-state index is 12.4. The van der Waals surface area contributed by atoms with E-state index in [1.807, 2.05) is 13.8 Å². The van der Waals surface area contributed by atoms with Gasteiger partial charge in [-0.1, -0.05) is 38.9 Å². The highest BCUT2D eigenvalue weighted by Crippen LogP contribution is 2.30. The summed E-state index contributed by atoms with van der Waals surface area (Å²) >= 11 is 5.11. The molecule has 0 saturated heterocycles. The van der Waals surface area contributed by atoms with E-state index in [4.69, 9.17) is 22.7 Å². The van der Waals surface area contributed by atoms with Crippen LogP contribution in [-0.2, 0) is 14.3 Å². The van der Waals surface area contributed by atoms with Gasteiger partial charge in [-0.3, -0.25) is 9.59 Å². The molecule has 5 nitrogen and oxygen atoms in total. The van der Waals surface area contributed by atoms with Crippen LogP contribution in [0, 0.1) is 5.41 Å². The van der Waals surface area contributed by atoms with E-state index in [9.17, 15) is 9.59 Å². The van der Waals surface area contributed by atoms with Crippen LogP contribution in [0.1, 0.15) is 52.9 Å². The summed E-state index contributed by atoms with van der Waals surface area (Å²) in [4.78, 5) is 23.9. The van der Waals surface area contributed by atoms with Crippen molar-refractivity contribution < 1.29 is 14.3 Å². The Morgan fingerprint density at radius 3 is 2.15 bits per heavy atom. The van der Waals surface area contributed by atoms with Gasteiger partial charge in [0, 0.05) is 6.54 Å². The SMILES string of the molecule is CCCC(CCC)(C(=O)NCCC(=O)OCC)C(N)=S. The van der Waals surface area contributed by atoms with Gasteiger partial charge in [-0.15, -0.1) is 0 Å². The number of carbonyl (C=O) groups excluding carboxylic acids is 2. The third-order valence-corrected chi connectivity index (χ3v) is 3.57. The van der Waals surface area contributed by atoms with Gasteiger partial charge in [-0.2, -0.15) is 0 Å². The Morgan fingerprint density at radius 2 is 1.75 bits per heavy atom. The van der Waals surface area contributed by atoms with E-state index in [0.29, 0.717) is 19.4 Å². The van der Waals surface area contributed by atoms with Gasteiger partial charge in [0.25, 0.3) is 0 Å². The second-order valence-corrected chi connectivity index (χ2v) is 5.20. The van der Waals surface area contributed by atoms with Gasteiger partial charge in [0.2, 0.25) is 5.91 Å². The molecule has 0 aromatic carbocycles. The molecule has 0 aromatic rings. The van der Waals surface area contributed by atoms with Crippen LogP contribution in [0.15, 0.2) is 0 Å². The standard InChI is InChI=1S/C14H26N2O3S/c1-4-8-14(9-5-2,12(15)20)13(18)16-10-7-11(17)19-6-3/h4-10H2,1-3H3,(H2,15,20)(H,16,18). The molecule has 0 aliphatic carbocycles. The number of thiocarbonyl (C=S) groups is 1. The van der Waals surface area contributed by atoms with Crippen molar-refractivity contribution in [3.8, 4) is 0 Å². The molecule has 3 N–H and O–H groups in total. The summed E-state index contributed by atoms with van der Waals surface area (Å²) in [6, 6.07) is 0. The average Bonchev–Trinajstić information content (AvgIpc) is 2.38. The van der Waals surface area contributed by atoms with Crippen LogP contribution in [0.4, 0.5) is 0 Å². The molecule has 0 saturated carbocycles. The molecule has 0 radical (unpaired) electrons. The molecular weight excluding hydrogens is 276 g/mol. The zero-order valence-corrected chi connectivity index (χ0v) is 13.5. The van der Waals surface area contributed by atoms with E-state index in [1.54, 1.807) is 6.92 Å². The molecule has 0 fully saturated rings. The van der Waals surface area contributed by atoms with Gasteiger partial charge in [-0.05, 0) is 19.8 Å². The molecule has 0 atom stereocenters. The number of ether oxygens (including phenoxy) is 1. The van der Waals surface area contributed by atoms with E-state index >= 15 is 0 Å². The number of amides is 1. The fourth-order valence-corrected chi connectivity index (χ4v) is 2.54. The molecule has 20 heavy (non-hydrogen) atoms. The van der Waals surface area contributed by atoms with Crippen molar-refractivity contribution in [1.82, 2.24) is 5.32 Å². The highest BCUT2D eigenvalue weighted by molar-refractivity contribution is 7.80. The molecule has 0 aliphatic heterocycles. The lowest BCUT2D eigenvalue weighted by molar-refractivity contribution is -0.143. The first-order valence-corrected chi connectivity index (χ1v) is 7.59. The van der Waals surface area contributed by atoms with Gasteiger partial charge in [-0.25, -0.2) is 0 Å². The van der Waals surface area contributed by atoms with Crippen molar-refractivity contribution in [1.29, 1.82) is 0 Å². The Hall–Kier alpha value is -1.17. The highest BCUT2D eigenvalue weighted by Gasteiger charge is 2.39. The van der Waals surface area contributed by atoms with Crippen LogP contribution < -0.4 is 11.1 Å². The Labute approximate surface area is 126 Å². The number of nitrogens with two attached hydrogens (primary N) is 1. The molecule has 0 heterocycles. The Balaban J connectivity index is 4.63. The predicted octanol–water partition coefficient (Wildman–Crippen LogP) is 1.93. The molecule has 1 amide bonds. The Bertz CT molecular complexity index is 339. The zero-order chi connectivity index (χ0) is 15.6. The summed E-state index contributed by atoms with van der Waals surface area (Å²) in [6.07, 6.45) is 3.05. The lowest BCUT2D eigenvalue weighted by atomic mass is 9.78. The molecule has 0 aliphatic rings. The topological polar surface area (TPSA) is 81.4 Å². The van der Waals surface area contributed by atoms with Gasteiger partial charge < -0.3 is 15.8 Å². The van der Waals surface area contributed by atoms with Crippen molar-refractivity contribution in [2.75, 3.05) is 13.2 Å². The molecule has 0 aromatic heterocycles. The molecule has 116 valence electrons. The van der Waals surface area contributed by atoms with E-state index in [1.165, 1.54) is 0 Å². The maximum Gasteiger partial charge on any atom is 0.307 e. The van der Waals surface area contributed by atoms with Crippen LogP contribution >= 0.6 is 12.2 Å². The lowest BCUT2D eigenvalue weighted by Crippen LogP contribution is -2.49. The van der Waals surface area contributed by atoms with Crippen LogP contribution in [0.3, 0.4) is 0 Å². The third-order valence-electron chi connectivity index (χ3n) is 3.18. The Morgan fingerprint density at radius 1 is 1.20 bits per heavy atom. The molecule has 0 rings (SSSR count). The average molecular weight is 302 g/mol. The molecular formula is C14H26N2O3S. The summed E-state index contributed by atoms with van der Waals surface area (Å²) < 4.78 is 4.81. The van der Waals surface area contributed by atoms with E-state index in [-0.39, 0.29) is 29.8 Å². The molecule has 0 bridgehead atoms. The number of esters is 1. The Kier molecular flexibility index (Phi) is 9.12. The molecule has 0 unspecified atom stereocenters. The quantitative estimate of drug-likeness (QED) is 0.476. The van der Waals surface area contributed by atoms with Crippen LogP contribution in [0.25, 0.3) is 0 Å². The van der Waals surface area contributed by atoms with Crippen LogP contribution in [-0.4, -0.2) is 30.0 Å². The smallest absolute Gasteiger partial charge is 0.307 e. The van der Waals surface area contributed by atoms with Gasteiger partial charge >= 0.3 is 5.97 Å². The van der Waals surface area contributed by atoms with Crippen LogP contribution in [0.5, 0.6) is 0 Å². The minimum Gasteiger partial charge on any atom is -0.466 e. The van der Waals surface area contributed by atoms with E-state index in [2.05, 4.69) is 5.32 Å². The van der Waals surface area contributed by atoms with Crippen molar-refractivity contribution in [3.05, 3.63) is 0 Å². The molecule has 0 spiro atoms. The fourth-order valence-electron chi connectivity index (χ4n) is 2.24. The monoisotopic (exact) mass is 302 g/mol. The normalized spacial score (nSPS) is 10.9. The zero-order valence-electron chi connectivity index (χ0n) is 12.7. The summed E-state index contributed by atoms with van der Waals surface area (Å²) in [5.41, 5.74) is 5.00. The predicted molar refractivity (Wildman–Crippen MR) is 83.3 cm³/mol. The van der Waals surface area contributed by atoms with Gasteiger partial charge in [0.15, 0.2) is 0 Å². The summed E-state index contributed by atoms with van der Waals surface area (Å²) in [6.45, 7) is 6.32. The number of nitrogens with one attached hydrogen (secondary N) is 1. The summed E-state index contributed by atoms with van der Waals surface area (Å²) in [5.74, 6) is -0.502. The van der Waals surface area contributed by atoms with Gasteiger partial charge in [0.05, 0.1) is 23.4 Å². The largest absolute Gasteiger partial charge is 0.466 e. The van der Waals surface area contributed by atoms with Crippen molar-refractivity contribution in [2.45, 2.75) is 52.9 Å². The van der Waals surface area contributed by atoms with E-state index in [0.717, 1.165) is 12.8 Å². The second-order valence-electron chi connectivity index (χ2n) is 4.76. The lowest BCUT2D eigenvalue weighted by Gasteiger charge is -2.31. The highest BCUT2D eigenvalue weighted by atomic mass is 32.1. The van der Waals surface area contributed by atoms with Crippen molar-refractivity contribution in [2.24, 2.45) is 11.1 Å². The second kappa shape index (κ2) is 9.69. The molecule has 6 heteroatoms. The van der Waals surface area contributed by atoms with Crippen molar-refractivity contribution in [3.63, 3.8) is 0 Å². The maximum atomic E-state index is 12.4. The number of hydrogen-bond donors (Lipinski definition) is 2. The van der Waals surface area contributed by atoms with Crippen LogP contribution in [0.2, 0.25) is 0 Å². The minimum absolute atomic E-state index is 0.158. The number of rotatable bonds is 10. The fraction of sp³-hybridized carbons (Fsp3) is 0.786. The first kappa shape index (κ1) is 18.8. The first-order chi connectivity index (χ1) is 9.44.